The molecule has 3 nitrogen and oxygen atoms in total. The molecule has 0 spiro atoms. The lowest BCUT2D eigenvalue weighted by molar-refractivity contribution is 0.112. The lowest BCUT2D eigenvalue weighted by Gasteiger charge is -2.06. The number of halogens is 1. The Bertz CT molecular complexity index is 1070. The molecule has 0 aliphatic rings. The Balaban J connectivity index is 2.18. The standard InChI is InChI=1S/C21H13BrO3/c22-16-11-17-19(15(12-23)20(16)24)18(13-7-3-1-4-8-13)21(25-17)14-9-5-2-6-10-14/h1-12,24H. The third-order valence-corrected chi connectivity index (χ3v) is 4.76. The van der Waals surface area contributed by atoms with E-state index in [4.69, 9.17) is 4.42 Å². The van der Waals surface area contributed by atoms with Crippen molar-refractivity contribution in [1.82, 2.24) is 0 Å². The third kappa shape index (κ3) is 2.55. The van der Waals surface area contributed by atoms with Crippen LogP contribution in [-0.2, 0) is 0 Å². The minimum Gasteiger partial charge on any atom is -0.506 e. The molecule has 4 aromatic rings. The summed E-state index contributed by atoms with van der Waals surface area (Å²) in [7, 11) is 0. The van der Waals surface area contributed by atoms with E-state index in [-0.39, 0.29) is 11.3 Å². The quantitative estimate of drug-likeness (QED) is 0.431. The molecule has 0 bridgehead atoms. The van der Waals surface area contributed by atoms with Gasteiger partial charge in [0.1, 0.15) is 17.1 Å². The van der Waals surface area contributed by atoms with E-state index in [0.717, 1.165) is 16.7 Å². The van der Waals surface area contributed by atoms with Crippen LogP contribution in [-0.4, -0.2) is 11.4 Å². The molecule has 0 amide bonds. The van der Waals surface area contributed by atoms with Crippen molar-refractivity contribution in [3.05, 3.63) is 76.8 Å². The molecule has 0 unspecified atom stereocenters. The smallest absolute Gasteiger partial charge is 0.154 e. The normalized spacial score (nSPS) is 10.9. The number of aldehydes is 1. The van der Waals surface area contributed by atoms with Crippen molar-refractivity contribution in [3.63, 3.8) is 0 Å². The molecule has 0 saturated carbocycles. The van der Waals surface area contributed by atoms with Gasteiger partial charge in [0, 0.05) is 16.5 Å². The van der Waals surface area contributed by atoms with Gasteiger partial charge in [0.15, 0.2) is 6.29 Å². The monoisotopic (exact) mass is 392 g/mol. The highest BCUT2D eigenvalue weighted by molar-refractivity contribution is 9.10. The van der Waals surface area contributed by atoms with Gasteiger partial charge >= 0.3 is 0 Å². The SMILES string of the molecule is O=Cc1c(O)c(Br)cc2oc(-c3ccccc3)c(-c3ccccc3)c12. The lowest BCUT2D eigenvalue weighted by Crippen LogP contribution is -1.87. The van der Waals surface area contributed by atoms with Gasteiger partial charge < -0.3 is 9.52 Å². The fraction of sp³-hybridized carbons (Fsp3) is 0. The van der Waals surface area contributed by atoms with Gasteiger partial charge in [-0.3, -0.25) is 4.79 Å². The van der Waals surface area contributed by atoms with Gasteiger partial charge in [-0.05, 0) is 27.6 Å². The number of rotatable bonds is 3. The van der Waals surface area contributed by atoms with Crippen LogP contribution in [0.3, 0.4) is 0 Å². The van der Waals surface area contributed by atoms with Gasteiger partial charge in [0.2, 0.25) is 0 Å². The van der Waals surface area contributed by atoms with Gasteiger partial charge in [-0.15, -0.1) is 0 Å². The Morgan fingerprint density at radius 3 is 2.12 bits per heavy atom. The number of benzene rings is 3. The van der Waals surface area contributed by atoms with E-state index in [1.165, 1.54) is 0 Å². The van der Waals surface area contributed by atoms with E-state index < -0.39 is 0 Å². The van der Waals surface area contributed by atoms with E-state index in [0.29, 0.717) is 27.5 Å². The molecule has 0 aliphatic heterocycles. The van der Waals surface area contributed by atoms with Gasteiger partial charge in [-0.25, -0.2) is 0 Å². The van der Waals surface area contributed by atoms with E-state index >= 15 is 0 Å². The molecule has 0 saturated heterocycles. The second-order valence-electron chi connectivity index (χ2n) is 5.65. The van der Waals surface area contributed by atoms with Crippen molar-refractivity contribution in [2.45, 2.75) is 0 Å². The number of carbonyl (C=O) groups excluding carboxylic acids is 1. The van der Waals surface area contributed by atoms with Crippen LogP contribution in [0.4, 0.5) is 0 Å². The highest BCUT2D eigenvalue weighted by Gasteiger charge is 2.23. The Labute approximate surface area is 152 Å². The predicted octanol–water partition coefficient (Wildman–Crippen LogP) is 6.05. The van der Waals surface area contributed by atoms with E-state index in [2.05, 4.69) is 15.9 Å². The number of hydrogen-bond donors (Lipinski definition) is 1. The molecule has 1 N–H and O–H groups in total. The van der Waals surface area contributed by atoms with Crippen LogP contribution < -0.4 is 0 Å². The van der Waals surface area contributed by atoms with E-state index in [1.807, 2.05) is 60.7 Å². The average molecular weight is 393 g/mol. The van der Waals surface area contributed by atoms with Crippen LogP contribution in [0.5, 0.6) is 5.75 Å². The number of hydrogen-bond acceptors (Lipinski definition) is 3. The first-order chi connectivity index (χ1) is 12.2. The summed E-state index contributed by atoms with van der Waals surface area (Å²) in [5.41, 5.74) is 3.39. The van der Waals surface area contributed by atoms with Crippen LogP contribution >= 0.6 is 15.9 Å². The zero-order chi connectivity index (χ0) is 17.4. The first kappa shape index (κ1) is 15.7. The summed E-state index contributed by atoms with van der Waals surface area (Å²) in [6, 6.07) is 21.1. The molecule has 1 aromatic heterocycles. The van der Waals surface area contributed by atoms with Crippen molar-refractivity contribution in [2.75, 3.05) is 0 Å². The van der Waals surface area contributed by atoms with Crippen LogP contribution in [0.2, 0.25) is 0 Å². The minimum absolute atomic E-state index is 0.0832. The number of fused-ring (bicyclic) bond motifs is 1. The van der Waals surface area contributed by atoms with Gasteiger partial charge in [0.05, 0.1) is 10.0 Å². The number of carbonyl (C=O) groups is 1. The first-order valence-electron chi connectivity index (χ1n) is 7.74. The molecule has 0 radical (unpaired) electrons. The number of phenols is 1. The first-order valence-corrected chi connectivity index (χ1v) is 8.54. The Morgan fingerprint density at radius 2 is 1.52 bits per heavy atom. The molecule has 25 heavy (non-hydrogen) atoms. The molecule has 4 heteroatoms. The summed E-state index contributed by atoms with van der Waals surface area (Å²) >= 11 is 3.29. The van der Waals surface area contributed by atoms with E-state index in [9.17, 15) is 9.90 Å². The Hall–Kier alpha value is -2.85. The van der Waals surface area contributed by atoms with Gasteiger partial charge in [-0.2, -0.15) is 0 Å². The lowest BCUT2D eigenvalue weighted by atomic mass is 9.96. The summed E-state index contributed by atoms with van der Waals surface area (Å²) in [5.74, 6) is 0.586. The van der Waals surface area contributed by atoms with Crippen LogP contribution in [0.1, 0.15) is 10.4 Å². The van der Waals surface area contributed by atoms with Gasteiger partial charge in [0.25, 0.3) is 0 Å². The minimum atomic E-state index is -0.0832. The number of furan rings is 1. The van der Waals surface area contributed by atoms with Crippen molar-refractivity contribution in [3.8, 4) is 28.2 Å². The van der Waals surface area contributed by atoms with Crippen molar-refractivity contribution >= 4 is 33.2 Å². The molecule has 0 fully saturated rings. The predicted molar refractivity (Wildman–Crippen MR) is 102 cm³/mol. The van der Waals surface area contributed by atoms with Crippen LogP contribution in [0.25, 0.3) is 33.4 Å². The number of phenolic OH excluding ortho intramolecular Hbond substituents is 1. The molecule has 0 aliphatic carbocycles. The Morgan fingerprint density at radius 1 is 0.920 bits per heavy atom. The fourth-order valence-electron chi connectivity index (χ4n) is 3.04. The maximum absolute atomic E-state index is 11.7. The number of aromatic hydroxyl groups is 1. The summed E-state index contributed by atoms with van der Waals surface area (Å²) in [4.78, 5) is 11.7. The highest BCUT2D eigenvalue weighted by atomic mass is 79.9. The summed E-state index contributed by atoms with van der Waals surface area (Å²) < 4.78 is 6.54. The molecular formula is C21H13BrO3. The van der Waals surface area contributed by atoms with Crippen molar-refractivity contribution in [1.29, 1.82) is 0 Å². The van der Waals surface area contributed by atoms with Crippen LogP contribution in [0.15, 0.2) is 75.6 Å². The second-order valence-corrected chi connectivity index (χ2v) is 6.50. The highest BCUT2D eigenvalue weighted by Crippen LogP contribution is 2.45. The molecule has 4 rings (SSSR count). The average Bonchev–Trinajstić information content (AvgIpc) is 3.03. The maximum Gasteiger partial charge on any atom is 0.154 e. The second kappa shape index (κ2) is 6.22. The topological polar surface area (TPSA) is 50.4 Å². The molecule has 3 aromatic carbocycles. The fourth-order valence-corrected chi connectivity index (χ4v) is 3.46. The van der Waals surface area contributed by atoms with E-state index in [1.54, 1.807) is 6.07 Å². The largest absolute Gasteiger partial charge is 0.506 e. The van der Waals surface area contributed by atoms with Gasteiger partial charge in [-0.1, -0.05) is 60.7 Å². The zero-order valence-electron chi connectivity index (χ0n) is 13.1. The van der Waals surface area contributed by atoms with Crippen molar-refractivity contribution < 1.29 is 14.3 Å². The molecule has 122 valence electrons. The summed E-state index contributed by atoms with van der Waals surface area (Å²) in [6.45, 7) is 0. The third-order valence-electron chi connectivity index (χ3n) is 4.16. The molecule has 0 atom stereocenters. The van der Waals surface area contributed by atoms with Crippen molar-refractivity contribution in [2.24, 2.45) is 0 Å². The van der Waals surface area contributed by atoms with Crippen LogP contribution in [0, 0.1) is 0 Å². The summed E-state index contributed by atoms with van der Waals surface area (Å²) in [6.07, 6.45) is 0.666. The maximum atomic E-state index is 11.7. The Kier molecular flexibility index (Phi) is 3.90. The zero-order valence-corrected chi connectivity index (χ0v) is 14.7. The summed E-state index contributed by atoms with van der Waals surface area (Å²) in [5, 5.41) is 10.9. The molecular weight excluding hydrogens is 380 g/mol. The molecule has 1 heterocycles.